The molecule has 3 aromatic rings. The zero-order valence-electron chi connectivity index (χ0n) is 18.5. The number of para-hydroxylation sites is 1. The lowest BCUT2D eigenvalue weighted by Gasteiger charge is -2.26. The molecule has 2 atom stereocenters. The van der Waals surface area contributed by atoms with Gasteiger partial charge in [0.1, 0.15) is 5.37 Å². The Morgan fingerprint density at radius 3 is 2.38 bits per heavy atom. The molecule has 5 heteroatoms. The van der Waals surface area contributed by atoms with E-state index in [9.17, 15) is 9.59 Å². The summed E-state index contributed by atoms with van der Waals surface area (Å²) in [6.07, 6.45) is 1.61. The molecule has 4 nitrogen and oxygen atoms in total. The molecule has 2 amide bonds. The van der Waals surface area contributed by atoms with E-state index in [4.69, 9.17) is 0 Å². The number of rotatable bonds is 7. The van der Waals surface area contributed by atoms with Crippen LogP contribution in [0.3, 0.4) is 0 Å². The van der Waals surface area contributed by atoms with Crippen molar-refractivity contribution < 1.29 is 9.59 Å². The Bertz CT molecular complexity index is 1080. The molecule has 1 aliphatic rings. The first-order chi connectivity index (χ1) is 15.6. The van der Waals surface area contributed by atoms with Gasteiger partial charge in [-0.2, -0.15) is 0 Å². The quantitative estimate of drug-likeness (QED) is 0.475. The first-order valence-corrected chi connectivity index (χ1v) is 12.1. The Morgan fingerprint density at radius 1 is 1.00 bits per heavy atom. The van der Waals surface area contributed by atoms with E-state index in [1.165, 1.54) is 5.56 Å². The summed E-state index contributed by atoms with van der Waals surface area (Å²) in [7, 11) is 0. The van der Waals surface area contributed by atoms with E-state index in [-0.39, 0.29) is 23.1 Å². The molecular formula is C27H28N2O2S. The summed E-state index contributed by atoms with van der Waals surface area (Å²) in [6, 6.07) is 25.9. The van der Waals surface area contributed by atoms with Gasteiger partial charge in [0.2, 0.25) is 11.8 Å². The number of anilines is 2. The highest BCUT2D eigenvalue weighted by Gasteiger charge is 2.34. The molecule has 1 aliphatic heterocycles. The smallest absolute Gasteiger partial charge is 0.238 e. The van der Waals surface area contributed by atoms with Gasteiger partial charge in [-0.05, 0) is 47.7 Å². The predicted molar refractivity (Wildman–Crippen MR) is 133 cm³/mol. The maximum atomic E-state index is 12.9. The van der Waals surface area contributed by atoms with Gasteiger partial charge in [0, 0.05) is 11.4 Å². The molecule has 164 valence electrons. The summed E-state index contributed by atoms with van der Waals surface area (Å²) in [6.45, 7) is 4.13. The highest BCUT2D eigenvalue weighted by atomic mass is 32.2. The Kier molecular flexibility index (Phi) is 6.96. The number of nitrogens with zero attached hydrogens (tertiary/aromatic N) is 1. The Morgan fingerprint density at radius 2 is 1.69 bits per heavy atom. The van der Waals surface area contributed by atoms with Crippen molar-refractivity contribution in [1.82, 2.24) is 0 Å². The summed E-state index contributed by atoms with van der Waals surface area (Å²) >= 11 is 1.64. The molecule has 1 heterocycles. The van der Waals surface area contributed by atoms with Gasteiger partial charge in [-0.3, -0.25) is 14.5 Å². The van der Waals surface area contributed by atoms with Crippen LogP contribution in [0, 0.1) is 0 Å². The lowest BCUT2D eigenvalue weighted by molar-refractivity contribution is -0.118. The lowest BCUT2D eigenvalue weighted by Crippen LogP contribution is -2.28. The molecule has 0 unspecified atom stereocenters. The fourth-order valence-corrected chi connectivity index (χ4v) is 5.36. The maximum Gasteiger partial charge on any atom is 0.238 e. The molecule has 0 aromatic heterocycles. The molecule has 4 rings (SSSR count). The summed E-state index contributed by atoms with van der Waals surface area (Å²) in [4.78, 5) is 27.5. The summed E-state index contributed by atoms with van der Waals surface area (Å²) in [5.74, 6) is 0.415. The number of aryl methyl sites for hydroxylation is 1. The van der Waals surface area contributed by atoms with Crippen molar-refractivity contribution in [3.63, 3.8) is 0 Å². The van der Waals surface area contributed by atoms with Gasteiger partial charge in [0.05, 0.1) is 11.7 Å². The fraction of sp³-hybridized carbons (Fsp3) is 0.259. The summed E-state index contributed by atoms with van der Waals surface area (Å²) in [5.41, 5.74) is 5.00. The minimum Gasteiger partial charge on any atom is -0.326 e. The highest BCUT2D eigenvalue weighted by molar-refractivity contribution is 8.00. The number of hydrogen-bond acceptors (Lipinski definition) is 3. The number of carbonyl (C=O) groups is 2. The van der Waals surface area contributed by atoms with Gasteiger partial charge in [-0.15, -0.1) is 11.8 Å². The van der Waals surface area contributed by atoms with Crippen molar-refractivity contribution in [2.45, 2.75) is 38.0 Å². The standard InChI is InChI=1S/C27H28N2O2S/c1-3-19-10-8-9-13-24(19)29-25(30)18-32-27(29)21-14-16-22(17-15-21)28-26(31)23(4-2)20-11-6-5-7-12-20/h5-17,23,27H,3-4,18H2,1-2H3,(H,28,31)/t23-,27-/m0/s1. The second-order valence-electron chi connectivity index (χ2n) is 7.89. The van der Waals surface area contributed by atoms with Crippen LogP contribution in [0.25, 0.3) is 0 Å². The van der Waals surface area contributed by atoms with E-state index in [1.54, 1.807) is 11.8 Å². The summed E-state index contributed by atoms with van der Waals surface area (Å²) in [5, 5.41) is 2.99. The van der Waals surface area contributed by atoms with Crippen LogP contribution in [0.2, 0.25) is 0 Å². The van der Waals surface area contributed by atoms with Crippen LogP contribution in [0.5, 0.6) is 0 Å². The SMILES string of the molecule is CCc1ccccc1N1C(=O)CS[C@H]1c1ccc(NC(=O)[C@@H](CC)c2ccccc2)cc1. The van der Waals surface area contributed by atoms with Crippen molar-refractivity contribution in [3.8, 4) is 0 Å². The molecule has 0 saturated carbocycles. The number of thioether (sulfide) groups is 1. The van der Waals surface area contributed by atoms with Gasteiger partial charge in [-0.1, -0.05) is 74.5 Å². The molecule has 1 N–H and O–H groups in total. The van der Waals surface area contributed by atoms with Crippen molar-refractivity contribution in [3.05, 3.63) is 95.6 Å². The summed E-state index contributed by atoms with van der Waals surface area (Å²) < 4.78 is 0. The minimum atomic E-state index is -0.181. The molecular weight excluding hydrogens is 416 g/mol. The first-order valence-electron chi connectivity index (χ1n) is 11.1. The van der Waals surface area contributed by atoms with Crippen molar-refractivity contribution in [2.75, 3.05) is 16.0 Å². The molecule has 1 saturated heterocycles. The molecule has 32 heavy (non-hydrogen) atoms. The second-order valence-corrected chi connectivity index (χ2v) is 8.96. The predicted octanol–water partition coefficient (Wildman–Crippen LogP) is 6.16. The zero-order chi connectivity index (χ0) is 22.5. The second kappa shape index (κ2) is 10.0. The van der Waals surface area contributed by atoms with E-state index >= 15 is 0 Å². The third-order valence-corrected chi connectivity index (χ3v) is 7.10. The largest absolute Gasteiger partial charge is 0.326 e. The van der Waals surface area contributed by atoms with E-state index in [1.807, 2.05) is 84.6 Å². The third kappa shape index (κ3) is 4.58. The van der Waals surface area contributed by atoms with E-state index < -0.39 is 0 Å². The molecule has 3 aromatic carbocycles. The third-order valence-electron chi connectivity index (χ3n) is 5.89. The van der Waals surface area contributed by atoms with Crippen molar-refractivity contribution in [1.29, 1.82) is 0 Å². The van der Waals surface area contributed by atoms with Crippen LogP contribution in [0.4, 0.5) is 11.4 Å². The molecule has 0 bridgehead atoms. The number of benzene rings is 3. The van der Waals surface area contributed by atoms with Gasteiger partial charge < -0.3 is 5.32 Å². The topological polar surface area (TPSA) is 49.4 Å². The van der Waals surface area contributed by atoms with Crippen LogP contribution < -0.4 is 10.2 Å². The van der Waals surface area contributed by atoms with Crippen LogP contribution in [0.1, 0.15) is 48.3 Å². The number of hydrogen-bond donors (Lipinski definition) is 1. The average Bonchev–Trinajstić information content (AvgIpc) is 3.21. The molecule has 0 aliphatic carbocycles. The monoisotopic (exact) mass is 444 g/mol. The molecule has 1 fully saturated rings. The lowest BCUT2D eigenvalue weighted by atomic mass is 9.95. The van der Waals surface area contributed by atoms with Gasteiger partial charge in [0.25, 0.3) is 0 Å². The number of nitrogens with one attached hydrogen (secondary N) is 1. The normalized spacial score (nSPS) is 16.8. The van der Waals surface area contributed by atoms with Gasteiger partial charge in [0.15, 0.2) is 0 Å². The van der Waals surface area contributed by atoms with Gasteiger partial charge in [-0.25, -0.2) is 0 Å². The average molecular weight is 445 g/mol. The van der Waals surface area contributed by atoms with Crippen molar-refractivity contribution in [2.24, 2.45) is 0 Å². The van der Waals surface area contributed by atoms with E-state index in [2.05, 4.69) is 18.3 Å². The van der Waals surface area contributed by atoms with Crippen LogP contribution in [0.15, 0.2) is 78.9 Å². The molecule has 0 spiro atoms. The van der Waals surface area contributed by atoms with E-state index in [0.717, 1.165) is 35.3 Å². The highest BCUT2D eigenvalue weighted by Crippen LogP contribution is 2.43. The van der Waals surface area contributed by atoms with Crippen LogP contribution in [-0.4, -0.2) is 17.6 Å². The van der Waals surface area contributed by atoms with Crippen LogP contribution in [-0.2, 0) is 16.0 Å². The maximum absolute atomic E-state index is 12.9. The Labute approximate surface area is 194 Å². The first kappa shape index (κ1) is 22.2. The van der Waals surface area contributed by atoms with E-state index in [0.29, 0.717) is 5.75 Å². The van der Waals surface area contributed by atoms with Gasteiger partial charge >= 0.3 is 0 Å². The number of amides is 2. The minimum absolute atomic E-state index is 0.00429. The van der Waals surface area contributed by atoms with Crippen molar-refractivity contribution >= 4 is 35.0 Å². The Balaban J connectivity index is 1.52. The fourth-order valence-electron chi connectivity index (χ4n) is 4.19. The number of carbonyl (C=O) groups excluding carboxylic acids is 2. The Hall–Kier alpha value is -3.05. The molecule has 0 radical (unpaired) electrons. The van der Waals surface area contributed by atoms with Crippen LogP contribution >= 0.6 is 11.8 Å². The zero-order valence-corrected chi connectivity index (χ0v) is 19.3.